The lowest BCUT2D eigenvalue weighted by Crippen LogP contribution is -2.44. The predicted molar refractivity (Wildman–Crippen MR) is 153 cm³/mol. The number of benzene rings is 3. The van der Waals surface area contributed by atoms with Gasteiger partial charge in [0.15, 0.2) is 0 Å². The third-order valence-electron chi connectivity index (χ3n) is 6.28. The van der Waals surface area contributed by atoms with Crippen LogP contribution in [0.5, 0.6) is 0 Å². The highest BCUT2D eigenvalue weighted by molar-refractivity contribution is 9.10. The van der Waals surface area contributed by atoms with E-state index < -0.39 is 21.9 Å². The molecule has 1 aliphatic rings. The molecule has 12 heteroatoms. The van der Waals surface area contributed by atoms with E-state index in [1.807, 2.05) is 13.0 Å². The van der Waals surface area contributed by atoms with E-state index in [2.05, 4.69) is 31.3 Å². The van der Waals surface area contributed by atoms with Crippen LogP contribution < -0.4 is 15.4 Å². The van der Waals surface area contributed by atoms with Crippen molar-refractivity contribution >= 4 is 60.9 Å². The minimum absolute atomic E-state index is 0.0213. The Morgan fingerprint density at radius 1 is 1.13 bits per heavy atom. The summed E-state index contributed by atoms with van der Waals surface area (Å²) in [5.74, 6) is -0.863. The third kappa shape index (κ3) is 7.49. The largest absolute Gasteiger partial charge is 0.338 e. The van der Waals surface area contributed by atoms with E-state index in [0.717, 1.165) is 12.0 Å². The molecular weight excluding hydrogens is 611 g/mol. The first kappa shape index (κ1) is 28.8. The van der Waals surface area contributed by atoms with E-state index in [-0.39, 0.29) is 27.3 Å². The van der Waals surface area contributed by atoms with E-state index in [1.54, 1.807) is 23.1 Å². The normalized spacial score (nSPS) is 15.5. The van der Waals surface area contributed by atoms with Crippen LogP contribution in [0, 0.1) is 18.7 Å². The first-order chi connectivity index (χ1) is 18.5. The Kier molecular flexibility index (Phi) is 9.14. The van der Waals surface area contributed by atoms with Crippen LogP contribution in [0.15, 0.2) is 70.0 Å². The number of sulfonamides is 1. The molecule has 206 valence electrons. The molecule has 4 rings (SSSR count). The highest BCUT2D eigenvalue weighted by Gasteiger charge is 2.27. The van der Waals surface area contributed by atoms with Crippen LogP contribution in [0.25, 0.3) is 0 Å². The van der Waals surface area contributed by atoms with Crippen LogP contribution in [0.2, 0.25) is 5.02 Å². The molecule has 39 heavy (non-hydrogen) atoms. The number of hydrogen-bond donors (Lipinski definition) is 3. The number of urea groups is 1. The van der Waals surface area contributed by atoms with Crippen molar-refractivity contribution in [2.24, 2.45) is 5.92 Å². The summed E-state index contributed by atoms with van der Waals surface area (Å²) in [5.41, 5.74) is 1.68. The Hall–Kier alpha value is -3.15. The maximum absolute atomic E-state index is 13.4. The molecule has 3 aromatic rings. The number of piperidine rings is 1. The molecule has 0 aliphatic carbocycles. The van der Waals surface area contributed by atoms with Gasteiger partial charge in [-0.3, -0.25) is 9.52 Å². The molecule has 1 unspecified atom stereocenters. The molecule has 1 heterocycles. The second-order valence-electron chi connectivity index (χ2n) is 9.34. The van der Waals surface area contributed by atoms with Crippen LogP contribution in [0.4, 0.5) is 20.6 Å². The number of amides is 3. The Balaban J connectivity index is 1.42. The number of carbonyl (C=O) groups excluding carboxylic acids is 2. The van der Waals surface area contributed by atoms with Crippen LogP contribution in [0.3, 0.4) is 0 Å². The lowest BCUT2D eigenvalue weighted by molar-refractivity contribution is 0.0675. The maximum Gasteiger partial charge on any atom is 0.319 e. The van der Waals surface area contributed by atoms with Gasteiger partial charge in [0.05, 0.1) is 21.2 Å². The minimum Gasteiger partial charge on any atom is -0.338 e. The zero-order valence-corrected chi connectivity index (χ0v) is 24.2. The predicted octanol–water partition coefficient (Wildman–Crippen LogP) is 6.02. The molecule has 0 saturated carbocycles. The van der Waals surface area contributed by atoms with Gasteiger partial charge in [0.1, 0.15) is 5.82 Å². The van der Waals surface area contributed by atoms with Gasteiger partial charge < -0.3 is 15.5 Å². The van der Waals surface area contributed by atoms with Crippen molar-refractivity contribution in [3.05, 3.63) is 87.1 Å². The lowest BCUT2D eigenvalue weighted by atomic mass is 9.97. The minimum atomic E-state index is -4.00. The number of nitrogens with zero attached hydrogens (tertiary/aromatic N) is 1. The number of carbonyl (C=O) groups is 2. The number of aryl methyl sites for hydroxylation is 1. The molecule has 0 bridgehead atoms. The molecule has 0 spiro atoms. The monoisotopic (exact) mass is 636 g/mol. The standard InChI is InChI=1S/C27H27BrClFN4O4S/c1-17-7-9-23(28)25(12-17)33-39(37,38)21-8-10-24(29)22(14-21)26(35)34-11-3-4-18(16-34)15-31-27(36)32-20-6-2-5-19(30)13-20/h2,5-10,12-14,18,33H,3-4,11,15-16H2,1H3,(H2,31,32,36). The van der Waals surface area contributed by atoms with Crippen LogP contribution in [-0.4, -0.2) is 44.9 Å². The van der Waals surface area contributed by atoms with Crippen molar-refractivity contribution in [2.45, 2.75) is 24.7 Å². The summed E-state index contributed by atoms with van der Waals surface area (Å²) < 4.78 is 42.7. The summed E-state index contributed by atoms with van der Waals surface area (Å²) in [6.45, 7) is 3.00. The molecule has 0 radical (unpaired) electrons. The highest BCUT2D eigenvalue weighted by Crippen LogP contribution is 2.29. The molecular formula is C27H27BrClFN4O4S. The lowest BCUT2D eigenvalue weighted by Gasteiger charge is -2.33. The molecule has 1 saturated heterocycles. The second-order valence-corrected chi connectivity index (χ2v) is 12.3. The SMILES string of the molecule is Cc1ccc(Br)c(NS(=O)(=O)c2ccc(Cl)c(C(=O)N3CCCC(CNC(=O)Nc4cccc(F)c4)C3)c2)c1. The van der Waals surface area contributed by atoms with Crippen molar-refractivity contribution in [2.75, 3.05) is 29.7 Å². The maximum atomic E-state index is 13.4. The van der Waals surface area contributed by atoms with Crippen molar-refractivity contribution in [1.82, 2.24) is 10.2 Å². The summed E-state index contributed by atoms with van der Waals surface area (Å²) in [5, 5.41) is 5.49. The number of nitrogens with one attached hydrogen (secondary N) is 3. The van der Waals surface area contributed by atoms with Gasteiger partial charge in [-0.05, 0) is 95.7 Å². The average Bonchev–Trinajstić information content (AvgIpc) is 2.89. The van der Waals surface area contributed by atoms with Crippen molar-refractivity contribution in [1.29, 1.82) is 0 Å². The fraction of sp³-hybridized carbons (Fsp3) is 0.259. The van der Waals surface area contributed by atoms with Gasteiger partial charge >= 0.3 is 6.03 Å². The molecule has 8 nitrogen and oxygen atoms in total. The van der Waals surface area contributed by atoms with E-state index >= 15 is 0 Å². The van der Waals surface area contributed by atoms with Crippen molar-refractivity contribution in [3.63, 3.8) is 0 Å². The summed E-state index contributed by atoms with van der Waals surface area (Å²) in [6, 6.07) is 14.4. The fourth-order valence-corrected chi connectivity index (χ4v) is 6.09. The average molecular weight is 638 g/mol. The van der Waals surface area contributed by atoms with E-state index in [1.165, 1.54) is 36.4 Å². The molecule has 3 amide bonds. The Bertz CT molecular complexity index is 1500. The summed E-state index contributed by atoms with van der Waals surface area (Å²) in [6.07, 6.45) is 1.50. The molecule has 1 aliphatic heterocycles. The fourth-order valence-electron chi connectivity index (χ4n) is 4.32. The Labute approximate surface area is 240 Å². The molecule has 1 fully saturated rings. The van der Waals surface area contributed by atoms with Gasteiger partial charge in [-0.1, -0.05) is 23.7 Å². The summed E-state index contributed by atoms with van der Waals surface area (Å²) in [4.78, 5) is 27.2. The van der Waals surface area contributed by atoms with Gasteiger partial charge in [-0.25, -0.2) is 17.6 Å². The first-order valence-electron chi connectivity index (χ1n) is 12.2. The van der Waals surface area contributed by atoms with Gasteiger partial charge in [0.2, 0.25) is 0 Å². The number of rotatable bonds is 7. The van der Waals surface area contributed by atoms with Crippen LogP contribution in [0.1, 0.15) is 28.8 Å². The number of hydrogen-bond acceptors (Lipinski definition) is 4. The summed E-state index contributed by atoms with van der Waals surface area (Å²) in [7, 11) is -4.00. The van der Waals surface area contributed by atoms with Gasteiger partial charge in [-0.15, -0.1) is 0 Å². The molecule has 3 N–H and O–H groups in total. The quantitative estimate of drug-likeness (QED) is 0.294. The zero-order valence-electron chi connectivity index (χ0n) is 21.0. The van der Waals surface area contributed by atoms with Gasteiger partial charge in [0, 0.05) is 29.8 Å². The molecule has 3 aromatic carbocycles. The second kappa shape index (κ2) is 12.4. The number of anilines is 2. The number of halogens is 3. The number of likely N-dealkylation sites (tertiary alicyclic amines) is 1. The van der Waals surface area contributed by atoms with E-state index in [4.69, 9.17) is 11.6 Å². The smallest absolute Gasteiger partial charge is 0.319 e. The van der Waals surface area contributed by atoms with Crippen LogP contribution in [-0.2, 0) is 10.0 Å². The molecule has 1 atom stereocenters. The zero-order chi connectivity index (χ0) is 28.2. The Morgan fingerprint density at radius 3 is 2.69 bits per heavy atom. The summed E-state index contributed by atoms with van der Waals surface area (Å²) >= 11 is 9.68. The Morgan fingerprint density at radius 2 is 1.92 bits per heavy atom. The van der Waals surface area contributed by atoms with Gasteiger partial charge in [0.25, 0.3) is 15.9 Å². The first-order valence-corrected chi connectivity index (χ1v) is 14.9. The van der Waals surface area contributed by atoms with Gasteiger partial charge in [-0.2, -0.15) is 0 Å². The van der Waals surface area contributed by atoms with E-state index in [0.29, 0.717) is 41.9 Å². The topological polar surface area (TPSA) is 108 Å². The third-order valence-corrected chi connectivity index (χ3v) is 8.67. The van der Waals surface area contributed by atoms with Crippen molar-refractivity contribution in [3.8, 4) is 0 Å². The highest BCUT2D eigenvalue weighted by atomic mass is 79.9. The van der Waals surface area contributed by atoms with Crippen molar-refractivity contribution < 1.29 is 22.4 Å². The molecule has 0 aromatic heterocycles. The van der Waals surface area contributed by atoms with Crippen LogP contribution >= 0.6 is 27.5 Å². The van der Waals surface area contributed by atoms with E-state index in [9.17, 15) is 22.4 Å².